The molecule has 0 aliphatic heterocycles. The molecule has 2 rings (SSSR count). The van der Waals surface area contributed by atoms with E-state index in [9.17, 15) is 0 Å². The van der Waals surface area contributed by atoms with Gasteiger partial charge < -0.3 is 4.74 Å². The molecule has 2 aliphatic carbocycles. The SMILES string of the molecule is CCCCCCCC1CCC(CCC2CCC(OC)CC2)CC1. The first-order valence-electron chi connectivity index (χ1n) is 10.8. The lowest BCUT2D eigenvalue weighted by Crippen LogP contribution is -2.21. The molecule has 0 radical (unpaired) electrons. The zero-order chi connectivity index (χ0) is 16.3. The van der Waals surface area contributed by atoms with Crippen LogP contribution in [-0.4, -0.2) is 13.2 Å². The highest BCUT2D eigenvalue weighted by Gasteiger charge is 2.24. The van der Waals surface area contributed by atoms with Gasteiger partial charge in [-0.3, -0.25) is 0 Å². The summed E-state index contributed by atoms with van der Waals surface area (Å²) in [6, 6.07) is 0. The molecule has 1 heteroatoms. The Labute approximate surface area is 146 Å². The van der Waals surface area contributed by atoms with Crippen molar-refractivity contribution in [2.45, 2.75) is 116 Å². The lowest BCUT2D eigenvalue weighted by Gasteiger charge is -2.31. The number of hydrogen-bond acceptors (Lipinski definition) is 1. The molecule has 0 aromatic heterocycles. The Morgan fingerprint density at radius 1 is 0.609 bits per heavy atom. The lowest BCUT2D eigenvalue weighted by molar-refractivity contribution is 0.0540. The maximum atomic E-state index is 5.50. The van der Waals surface area contributed by atoms with Crippen molar-refractivity contribution in [1.82, 2.24) is 0 Å². The Balaban J connectivity index is 1.48. The summed E-state index contributed by atoms with van der Waals surface area (Å²) in [6.45, 7) is 2.31. The van der Waals surface area contributed by atoms with Crippen molar-refractivity contribution in [3.05, 3.63) is 0 Å². The van der Waals surface area contributed by atoms with Crippen molar-refractivity contribution >= 4 is 0 Å². The molecular formula is C22H42O. The Morgan fingerprint density at radius 2 is 1.09 bits per heavy atom. The molecular weight excluding hydrogens is 280 g/mol. The Hall–Kier alpha value is -0.0400. The van der Waals surface area contributed by atoms with Crippen molar-refractivity contribution in [2.24, 2.45) is 17.8 Å². The molecule has 2 saturated carbocycles. The van der Waals surface area contributed by atoms with Gasteiger partial charge in [0, 0.05) is 7.11 Å². The van der Waals surface area contributed by atoms with Crippen molar-refractivity contribution in [3.63, 3.8) is 0 Å². The van der Waals surface area contributed by atoms with Gasteiger partial charge in [0.25, 0.3) is 0 Å². The molecule has 23 heavy (non-hydrogen) atoms. The largest absolute Gasteiger partial charge is 0.381 e. The molecule has 0 unspecified atom stereocenters. The zero-order valence-electron chi connectivity index (χ0n) is 16.0. The molecule has 136 valence electrons. The van der Waals surface area contributed by atoms with Crippen LogP contribution in [0.1, 0.15) is 110 Å². The molecule has 2 aliphatic rings. The summed E-state index contributed by atoms with van der Waals surface area (Å²) in [5.74, 6) is 3.15. The van der Waals surface area contributed by atoms with Gasteiger partial charge in [0.15, 0.2) is 0 Å². The van der Waals surface area contributed by atoms with Crippen LogP contribution in [0, 0.1) is 17.8 Å². The summed E-state index contributed by atoms with van der Waals surface area (Å²) in [4.78, 5) is 0. The monoisotopic (exact) mass is 322 g/mol. The fraction of sp³-hybridized carbons (Fsp3) is 1.00. The van der Waals surface area contributed by atoms with Gasteiger partial charge in [0.2, 0.25) is 0 Å². The van der Waals surface area contributed by atoms with E-state index in [0.717, 1.165) is 17.8 Å². The number of hydrogen-bond donors (Lipinski definition) is 0. The first kappa shape index (κ1) is 19.3. The van der Waals surface area contributed by atoms with Gasteiger partial charge in [-0.1, -0.05) is 84.0 Å². The summed E-state index contributed by atoms with van der Waals surface area (Å²) < 4.78 is 5.50. The number of unbranched alkanes of at least 4 members (excludes halogenated alkanes) is 4. The van der Waals surface area contributed by atoms with Gasteiger partial charge in [-0.2, -0.15) is 0 Å². The van der Waals surface area contributed by atoms with Crippen molar-refractivity contribution < 1.29 is 4.74 Å². The summed E-state index contributed by atoms with van der Waals surface area (Å²) in [7, 11) is 1.88. The normalized spacial score (nSPS) is 32.1. The predicted octanol–water partition coefficient (Wildman–Crippen LogP) is 7.14. The minimum absolute atomic E-state index is 0.569. The average Bonchev–Trinajstić information content (AvgIpc) is 2.61. The molecule has 0 aromatic rings. The predicted molar refractivity (Wildman–Crippen MR) is 101 cm³/mol. The molecule has 0 bridgehead atoms. The zero-order valence-corrected chi connectivity index (χ0v) is 16.0. The highest BCUT2D eigenvalue weighted by Crippen LogP contribution is 2.37. The maximum absolute atomic E-state index is 5.50. The lowest BCUT2D eigenvalue weighted by atomic mass is 9.76. The van der Waals surface area contributed by atoms with Crippen LogP contribution in [0.3, 0.4) is 0 Å². The molecule has 0 aromatic carbocycles. The Kier molecular flexibility index (Phi) is 9.65. The van der Waals surface area contributed by atoms with E-state index in [-0.39, 0.29) is 0 Å². The van der Waals surface area contributed by atoms with Crippen LogP contribution in [0.15, 0.2) is 0 Å². The van der Waals surface area contributed by atoms with Crippen LogP contribution in [0.25, 0.3) is 0 Å². The minimum Gasteiger partial charge on any atom is -0.381 e. The van der Waals surface area contributed by atoms with E-state index < -0.39 is 0 Å². The van der Waals surface area contributed by atoms with Crippen LogP contribution >= 0.6 is 0 Å². The van der Waals surface area contributed by atoms with Crippen molar-refractivity contribution in [3.8, 4) is 0 Å². The molecule has 0 N–H and O–H groups in total. The quantitative estimate of drug-likeness (QED) is 0.388. The van der Waals surface area contributed by atoms with Gasteiger partial charge in [0.1, 0.15) is 0 Å². The van der Waals surface area contributed by atoms with Gasteiger partial charge >= 0.3 is 0 Å². The maximum Gasteiger partial charge on any atom is 0.0571 e. The van der Waals surface area contributed by atoms with E-state index in [4.69, 9.17) is 4.74 Å². The third-order valence-corrected chi connectivity index (χ3v) is 6.79. The van der Waals surface area contributed by atoms with Crippen molar-refractivity contribution in [1.29, 1.82) is 0 Å². The summed E-state index contributed by atoms with van der Waals surface area (Å²) in [6.07, 6.45) is 24.0. The molecule has 0 atom stereocenters. The fourth-order valence-corrected chi connectivity index (χ4v) is 4.97. The highest BCUT2D eigenvalue weighted by atomic mass is 16.5. The fourth-order valence-electron chi connectivity index (χ4n) is 4.97. The van der Waals surface area contributed by atoms with Gasteiger partial charge in [0.05, 0.1) is 6.10 Å². The third-order valence-electron chi connectivity index (χ3n) is 6.79. The van der Waals surface area contributed by atoms with E-state index in [0.29, 0.717) is 6.10 Å². The third kappa shape index (κ3) is 7.59. The second-order valence-corrected chi connectivity index (χ2v) is 8.55. The molecule has 0 spiro atoms. The van der Waals surface area contributed by atoms with E-state index in [1.165, 1.54) is 103 Å². The van der Waals surface area contributed by atoms with Crippen LogP contribution < -0.4 is 0 Å². The highest BCUT2D eigenvalue weighted by molar-refractivity contribution is 4.77. The Bertz CT molecular complexity index is 272. The molecule has 2 fully saturated rings. The van der Waals surface area contributed by atoms with E-state index in [1.807, 2.05) is 7.11 Å². The van der Waals surface area contributed by atoms with Crippen LogP contribution in [-0.2, 0) is 4.74 Å². The van der Waals surface area contributed by atoms with E-state index >= 15 is 0 Å². The molecule has 1 nitrogen and oxygen atoms in total. The summed E-state index contributed by atoms with van der Waals surface area (Å²) >= 11 is 0. The van der Waals surface area contributed by atoms with Crippen LogP contribution in [0.5, 0.6) is 0 Å². The van der Waals surface area contributed by atoms with Gasteiger partial charge in [-0.15, -0.1) is 0 Å². The molecule has 0 heterocycles. The molecule has 0 amide bonds. The minimum atomic E-state index is 0.569. The standard InChI is InChI=1S/C22H42O/c1-3-4-5-6-7-8-19-9-11-20(12-10-19)13-14-21-15-17-22(23-2)18-16-21/h19-22H,3-18H2,1-2H3. The summed E-state index contributed by atoms with van der Waals surface area (Å²) in [5.41, 5.74) is 0. The van der Waals surface area contributed by atoms with Gasteiger partial charge in [-0.25, -0.2) is 0 Å². The number of methoxy groups -OCH3 is 1. The average molecular weight is 323 g/mol. The Morgan fingerprint density at radius 3 is 1.61 bits per heavy atom. The number of ether oxygens (including phenoxy) is 1. The second kappa shape index (κ2) is 11.5. The van der Waals surface area contributed by atoms with Gasteiger partial charge in [-0.05, 0) is 43.4 Å². The van der Waals surface area contributed by atoms with E-state index in [2.05, 4.69) is 6.92 Å². The topological polar surface area (TPSA) is 9.23 Å². The van der Waals surface area contributed by atoms with Crippen molar-refractivity contribution in [2.75, 3.05) is 7.11 Å². The second-order valence-electron chi connectivity index (χ2n) is 8.55. The first-order chi connectivity index (χ1) is 11.3. The summed E-state index contributed by atoms with van der Waals surface area (Å²) in [5, 5.41) is 0. The van der Waals surface area contributed by atoms with Crippen LogP contribution in [0.2, 0.25) is 0 Å². The first-order valence-corrected chi connectivity index (χ1v) is 10.8. The smallest absolute Gasteiger partial charge is 0.0571 e. The molecule has 0 saturated heterocycles. The number of rotatable bonds is 10. The van der Waals surface area contributed by atoms with Crippen LogP contribution in [0.4, 0.5) is 0 Å². The van der Waals surface area contributed by atoms with E-state index in [1.54, 1.807) is 0 Å².